The Bertz CT molecular complexity index is 920. The fourth-order valence-corrected chi connectivity index (χ4v) is 3.34. The third-order valence-corrected chi connectivity index (χ3v) is 4.72. The Morgan fingerprint density at radius 1 is 1.30 bits per heavy atom. The summed E-state index contributed by atoms with van der Waals surface area (Å²) in [6.45, 7) is 0. The molecule has 2 amide bonds. The fourth-order valence-electron chi connectivity index (χ4n) is 2.35. The number of rotatable bonds is 5. The summed E-state index contributed by atoms with van der Waals surface area (Å²) < 4.78 is 31.6. The van der Waals surface area contributed by atoms with Gasteiger partial charge in [0, 0.05) is 18.6 Å². The van der Waals surface area contributed by atoms with Gasteiger partial charge in [-0.05, 0) is 24.3 Å². The molecule has 0 unspecified atom stereocenters. The summed E-state index contributed by atoms with van der Waals surface area (Å²) in [5, 5.41) is 4.61. The highest BCUT2D eigenvalue weighted by atomic mass is 32.2. The van der Waals surface area contributed by atoms with Gasteiger partial charge < -0.3 is 15.4 Å². The molecule has 1 aliphatic heterocycles. The van der Waals surface area contributed by atoms with E-state index in [-0.39, 0.29) is 18.0 Å². The second-order valence-corrected chi connectivity index (χ2v) is 6.78. The minimum absolute atomic E-state index is 0.143. The largest absolute Gasteiger partial charge is 0.497 e. The second-order valence-electron chi connectivity index (χ2n) is 5.59. The summed E-state index contributed by atoms with van der Waals surface area (Å²) in [4.78, 5) is 28.5. The number of aliphatic imine (C=N–C) groups is 1. The Morgan fingerprint density at radius 3 is 2.85 bits per heavy atom. The summed E-state index contributed by atoms with van der Waals surface area (Å²) in [6.07, 6.45) is -0.176. The number of carbonyl (C=O) groups excluding carboxylic acids is 2. The highest BCUT2D eigenvalue weighted by Gasteiger charge is 2.32. The van der Waals surface area contributed by atoms with E-state index < -0.39 is 22.8 Å². The van der Waals surface area contributed by atoms with Gasteiger partial charge in [0.2, 0.25) is 11.8 Å². The minimum atomic E-state index is -0.882. The van der Waals surface area contributed by atoms with Crippen molar-refractivity contribution < 1.29 is 23.1 Å². The van der Waals surface area contributed by atoms with E-state index in [4.69, 9.17) is 4.74 Å². The standard InChI is InChI=1S/C18H15F2N3O3S/c1-26-12-4-2-3-11(8-12)21-18-23-17(25)15(27-18)9-16(24)22-14-6-5-10(19)7-13(14)20/h2-8,15H,9H2,1H3,(H,22,24)(H,21,23,25)/t15-/m1/s1. The molecule has 1 heterocycles. The molecule has 1 atom stereocenters. The number of thioether (sulfide) groups is 1. The van der Waals surface area contributed by atoms with Crippen LogP contribution < -0.4 is 15.4 Å². The van der Waals surface area contributed by atoms with Crippen molar-refractivity contribution in [2.24, 2.45) is 4.99 Å². The highest BCUT2D eigenvalue weighted by molar-refractivity contribution is 8.15. The number of nitrogens with one attached hydrogen (secondary N) is 2. The van der Waals surface area contributed by atoms with E-state index in [0.29, 0.717) is 22.7 Å². The van der Waals surface area contributed by atoms with Gasteiger partial charge in [0.05, 0.1) is 18.5 Å². The average Bonchev–Trinajstić information content (AvgIpc) is 2.96. The zero-order chi connectivity index (χ0) is 19.4. The van der Waals surface area contributed by atoms with E-state index in [9.17, 15) is 18.4 Å². The van der Waals surface area contributed by atoms with E-state index in [1.807, 2.05) is 0 Å². The summed E-state index contributed by atoms with van der Waals surface area (Å²) in [6, 6.07) is 9.82. The number of amidine groups is 1. The van der Waals surface area contributed by atoms with Crippen molar-refractivity contribution in [2.75, 3.05) is 12.4 Å². The number of anilines is 1. The number of hydrogen-bond acceptors (Lipinski definition) is 5. The van der Waals surface area contributed by atoms with Gasteiger partial charge in [0.15, 0.2) is 5.17 Å². The second kappa shape index (κ2) is 8.17. The van der Waals surface area contributed by atoms with Crippen molar-refractivity contribution in [3.05, 3.63) is 54.1 Å². The summed E-state index contributed by atoms with van der Waals surface area (Å²) in [5.74, 6) is -1.92. The van der Waals surface area contributed by atoms with E-state index in [1.54, 1.807) is 24.3 Å². The zero-order valence-electron chi connectivity index (χ0n) is 14.2. The Balaban J connectivity index is 1.63. The first-order valence-corrected chi connectivity index (χ1v) is 8.78. The lowest BCUT2D eigenvalue weighted by atomic mass is 10.2. The first kappa shape index (κ1) is 18.8. The normalized spacial score (nSPS) is 17.7. The maximum atomic E-state index is 13.6. The molecule has 1 aliphatic rings. The molecule has 0 spiro atoms. The van der Waals surface area contributed by atoms with Crippen molar-refractivity contribution in [1.29, 1.82) is 0 Å². The van der Waals surface area contributed by atoms with Crippen LogP contribution in [0.3, 0.4) is 0 Å². The van der Waals surface area contributed by atoms with E-state index >= 15 is 0 Å². The molecule has 0 aliphatic carbocycles. The number of amides is 2. The number of nitrogens with zero attached hydrogens (tertiary/aromatic N) is 1. The smallest absolute Gasteiger partial charge is 0.240 e. The number of carbonyl (C=O) groups is 2. The van der Waals surface area contributed by atoms with Gasteiger partial charge in [-0.1, -0.05) is 17.8 Å². The van der Waals surface area contributed by atoms with Crippen molar-refractivity contribution in [2.45, 2.75) is 11.7 Å². The summed E-state index contributed by atoms with van der Waals surface area (Å²) in [7, 11) is 1.54. The predicted molar refractivity (Wildman–Crippen MR) is 99.2 cm³/mol. The lowest BCUT2D eigenvalue weighted by Gasteiger charge is -2.08. The lowest BCUT2D eigenvalue weighted by molar-refractivity contribution is -0.122. The number of ether oxygens (including phenoxy) is 1. The topological polar surface area (TPSA) is 79.8 Å². The van der Waals surface area contributed by atoms with Crippen molar-refractivity contribution in [3.8, 4) is 5.75 Å². The molecule has 2 N–H and O–H groups in total. The molecule has 1 fully saturated rings. The van der Waals surface area contributed by atoms with Gasteiger partial charge in [-0.3, -0.25) is 9.59 Å². The molecule has 6 nitrogen and oxygen atoms in total. The van der Waals surface area contributed by atoms with Gasteiger partial charge in [-0.25, -0.2) is 13.8 Å². The third kappa shape index (κ3) is 4.82. The monoisotopic (exact) mass is 391 g/mol. The van der Waals surface area contributed by atoms with Crippen LogP contribution >= 0.6 is 11.8 Å². The molecule has 0 bridgehead atoms. The van der Waals surface area contributed by atoms with Gasteiger partial charge >= 0.3 is 0 Å². The van der Waals surface area contributed by atoms with Crippen molar-refractivity contribution in [1.82, 2.24) is 5.32 Å². The van der Waals surface area contributed by atoms with Gasteiger partial charge in [-0.15, -0.1) is 0 Å². The molecule has 140 valence electrons. The van der Waals surface area contributed by atoms with Crippen LogP contribution in [0.4, 0.5) is 20.2 Å². The van der Waals surface area contributed by atoms with E-state index in [0.717, 1.165) is 23.9 Å². The first-order valence-electron chi connectivity index (χ1n) is 7.90. The summed E-state index contributed by atoms with van der Waals surface area (Å²) >= 11 is 1.11. The molecule has 2 aromatic rings. The van der Waals surface area contributed by atoms with E-state index in [2.05, 4.69) is 15.6 Å². The van der Waals surface area contributed by atoms with Crippen LogP contribution in [0, 0.1) is 11.6 Å². The van der Waals surface area contributed by atoms with Crippen LogP contribution in [0.15, 0.2) is 47.5 Å². The molecule has 0 saturated carbocycles. The molecule has 3 rings (SSSR count). The zero-order valence-corrected chi connectivity index (χ0v) is 15.0. The molecule has 27 heavy (non-hydrogen) atoms. The quantitative estimate of drug-likeness (QED) is 0.820. The number of hydrogen-bond donors (Lipinski definition) is 2. The molecular weight excluding hydrogens is 376 g/mol. The maximum absolute atomic E-state index is 13.6. The van der Waals surface area contributed by atoms with E-state index in [1.165, 1.54) is 7.11 Å². The molecule has 1 saturated heterocycles. The molecular formula is C18H15F2N3O3S. The molecule has 0 radical (unpaired) electrons. The Labute approximate surface area is 158 Å². The Hall–Kier alpha value is -2.94. The van der Waals surface area contributed by atoms with Gasteiger partial charge in [-0.2, -0.15) is 0 Å². The minimum Gasteiger partial charge on any atom is -0.497 e. The predicted octanol–water partition coefficient (Wildman–Crippen LogP) is 3.22. The highest BCUT2D eigenvalue weighted by Crippen LogP contribution is 2.27. The van der Waals surface area contributed by atoms with Crippen LogP contribution in [0.2, 0.25) is 0 Å². The number of benzene rings is 2. The lowest BCUT2D eigenvalue weighted by Crippen LogP contribution is -2.28. The maximum Gasteiger partial charge on any atom is 0.240 e. The van der Waals surface area contributed by atoms with Gasteiger partial charge in [0.25, 0.3) is 0 Å². The SMILES string of the molecule is COc1cccc(N=C2NC(=O)[C@@H](CC(=O)Nc3ccc(F)cc3F)S2)c1. The Kier molecular flexibility index (Phi) is 5.70. The first-order chi connectivity index (χ1) is 12.9. The molecule has 2 aromatic carbocycles. The van der Waals surface area contributed by atoms with Crippen LogP contribution in [-0.4, -0.2) is 29.3 Å². The van der Waals surface area contributed by atoms with Crippen LogP contribution in [0.5, 0.6) is 5.75 Å². The van der Waals surface area contributed by atoms with Crippen molar-refractivity contribution >= 4 is 40.1 Å². The van der Waals surface area contributed by atoms with Crippen molar-refractivity contribution in [3.63, 3.8) is 0 Å². The Morgan fingerprint density at radius 2 is 2.11 bits per heavy atom. The third-order valence-electron chi connectivity index (χ3n) is 3.64. The van der Waals surface area contributed by atoms with Gasteiger partial charge in [0.1, 0.15) is 22.6 Å². The number of halogens is 2. The van der Waals surface area contributed by atoms with Crippen LogP contribution in [-0.2, 0) is 9.59 Å². The fraction of sp³-hybridized carbons (Fsp3) is 0.167. The molecule has 0 aromatic heterocycles. The van der Waals surface area contributed by atoms with Crippen LogP contribution in [0.1, 0.15) is 6.42 Å². The van der Waals surface area contributed by atoms with Crippen LogP contribution in [0.25, 0.3) is 0 Å². The summed E-state index contributed by atoms with van der Waals surface area (Å²) in [5.41, 5.74) is 0.450. The number of methoxy groups -OCH3 is 1. The average molecular weight is 391 g/mol. The molecule has 9 heteroatoms.